The Labute approximate surface area is 434 Å². The highest BCUT2D eigenvalue weighted by Gasteiger charge is 2.27. The summed E-state index contributed by atoms with van der Waals surface area (Å²) in [5, 5.41) is 4.65. The molecule has 0 radical (unpaired) electrons. The Kier molecular flexibility index (Phi) is 10.6. The molecule has 75 heavy (non-hydrogen) atoms. The second-order valence-electron chi connectivity index (χ2n) is 19.1. The molecule has 14 aromatic rings. The van der Waals surface area contributed by atoms with Crippen molar-refractivity contribution < 1.29 is 0 Å². The van der Waals surface area contributed by atoms with Crippen LogP contribution in [0.3, 0.4) is 0 Å². The Morgan fingerprint density at radius 3 is 1.25 bits per heavy atom. The first-order chi connectivity index (χ1) is 37.1. The maximum atomic E-state index is 5.64. The molecule has 0 unspecified atom stereocenters. The summed E-state index contributed by atoms with van der Waals surface area (Å²) in [5.41, 5.74) is 18.7. The minimum Gasteiger partial charge on any atom is -0.307 e. The van der Waals surface area contributed by atoms with Crippen LogP contribution in [0.25, 0.3) is 134 Å². The molecule has 0 bridgehead atoms. The highest BCUT2D eigenvalue weighted by atomic mass is 15.1. The zero-order valence-corrected chi connectivity index (χ0v) is 41.0. The Morgan fingerprint density at radius 2 is 0.680 bits per heavy atom. The maximum Gasteiger partial charge on any atom is 0.160 e. The van der Waals surface area contributed by atoms with Crippen LogP contribution in [0.2, 0.25) is 0 Å². The smallest absolute Gasteiger partial charge is 0.160 e. The first-order valence-electron chi connectivity index (χ1n) is 25.4. The van der Waals surface area contributed by atoms with Gasteiger partial charge < -0.3 is 9.13 Å². The molecular formula is C69H46N6. The standard InChI is InChI=1S/C69H46N6/c1-45-35-37-64-55(39-45)53-31-17-19-33-62(53)74(64)66-42-52(60-43-58(47-23-9-3-10-24-47)70-68(72-60)49-27-13-5-14-28-49)41-57(61-44-59(48-25-11-4-12-26-48)71-69(73-61)50-29-15-6-16-30-50)67(66)75-63-34-20-18-32-54(63)56-40-51(36-38-65(56)75)46-21-7-2-8-22-46/h2-44H,1H3. The normalized spacial score (nSPS) is 11.5. The predicted octanol–water partition coefficient (Wildman–Crippen LogP) is 17.4. The van der Waals surface area contributed by atoms with Crippen molar-refractivity contribution in [2.75, 3.05) is 0 Å². The molecule has 0 fully saturated rings. The van der Waals surface area contributed by atoms with Crippen LogP contribution < -0.4 is 0 Å². The van der Waals surface area contributed by atoms with Crippen LogP contribution in [0.5, 0.6) is 0 Å². The van der Waals surface area contributed by atoms with Gasteiger partial charge in [0, 0.05) is 54.9 Å². The van der Waals surface area contributed by atoms with Crippen LogP contribution in [0.15, 0.2) is 261 Å². The van der Waals surface area contributed by atoms with Crippen molar-refractivity contribution in [1.29, 1.82) is 0 Å². The van der Waals surface area contributed by atoms with Crippen molar-refractivity contribution in [2.24, 2.45) is 0 Å². The van der Waals surface area contributed by atoms with Gasteiger partial charge in [0.25, 0.3) is 0 Å². The zero-order valence-electron chi connectivity index (χ0n) is 41.0. The first-order valence-corrected chi connectivity index (χ1v) is 25.4. The van der Waals surface area contributed by atoms with Crippen molar-refractivity contribution in [1.82, 2.24) is 29.1 Å². The molecule has 0 spiro atoms. The summed E-state index contributed by atoms with van der Waals surface area (Å²) in [6, 6.07) is 92.3. The minimum absolute atomic E-state index is 0.631. The van der Waals surface area contributed by atoms with E-state index in [2.05, 4.69) is 228 Å². The Hall–Kier alpha value is -10.0. The molecule has 0 saturated heterocycles. The number of nitrogens with zero attached hydrogens (tertiary/aromatic N) is 6. The molecule has 6 heteroatoms. The van der Waals surface area contributed by atoms with Crippen molar-refractivity contribution in [3.05, 3.63) is 266 Å². The van der Waals surface area contributed by atoms with Crippen molar-refractivity contribution in [2.45, 2.75) is 6.92 Å². The zero-order chi connectivity index (χ0) is 49.8. The fraction of sp³-hybridized carbons (Fsp3) is 0.0145. The van der Waals surface area contributed by atoms with E-state index < -0.39 is 0 Å². The number of benzene rings is 10. The molecule has 352 valence electrons. The lowest BCUT2D eigenvalue weighted by Gasteiger charge is -2.23. The topological polar surface area (TPSA) is 61.4 Å². The molecule has 0 N–H and O–H groups in total. The second kappa shape index (κ2) is 18.2. The third-order valence-corrected chi connectivity index (χ3v) is 14.4. The molecule has 0 atom stereocenters. The average Bonchev–Trinajstić information content (AvgIpc) is 3.99. The van der Waals surface area contributed by atoms with Gasteiger partial charge >= 0.3 is 0 Å². The highest BCUT2D eigenvalue weighted by Crippen LogP contribution is 2.46. The van der Waals surface area contributed by atoms with Gasteiger partial charge in [-0.1, -0.05) is 206 Å². The summed E-state index contributed by atoms with van der Waals surface area (Å²) < 4.78 is 4.93. The third-order valence-electron chi connectivity index (χ3n) is 14.4. The van der Waals surface area contributed by atoms with E-state index in [1.165, 1.54) is 21.9 Å². The number of hydrogen-bond acceptors (Lipinski definition) is 4. The maximum absolute atomic E-state index is 5.64. The van der Waals surface area contributed by atoms with Gasteiger partial charge in [-0.15, -0.1) is 0 Å². The molecule has 0 aliphatic heterocycles. The average molecular weight is 959 g/mol. The molecule has 10 aromatic carbocycles. The van der Waals surface area contributed by atoms with Crippen LogP contribution in [-0.2, 0) is 0 Å². The number of aromatic nitrogens is 6. The molecule has 0 aliphatic carbocycles. The lowest BCUT2D eigenvalue weighted by molar-refractivity contribution is 1.09. The number of rotatable bonds is 9. The summed E-state index contributed by atoms with van der Waals surface area (Å²) in [6.45, 7) is 2.17. The van der Waals surface area contributed by atoms with Crippen molar-refractivity contribution in [3.63, 3.8) is 0 Å². The van der Waals surface area contributed by atoms with Gasteiger partial charge in [0.15, 0.2) is 11.6 Å². The second-order valence-corrected chi connectivity index (χ2v) is 19.1. The van der Waals surface area contributed by atoms with E-state index in [1.807, 2.05) is 48.5 Å². The van der Waals surface area contributed by atoms with Crippen LogP contribution >= 0.6 is 0 Å². The Morgan fingerprint density at radius 1 is 0.267 bits per heavy atom. The fourth-order valence-corrected chi connectivity index (χ4v) is 10.9. The summed E-state index contributed by atoms with van der Waals surface area (Å²) in [6.07, 6.45) is 0. The number of fused-ring (bicyclic) bond motifs is 6. The summed E-state index contributed by atoms with van der Waals surface area (Å²) >= 11 is 0. The third kappa shape index (κ3) is 7.75. The first kappa shape index (κ1) is 43.7. The van der Waals surface area contributed by atoms with E-state index in [9.17, 15) is 0 Å². The molecule has 14 rings (SSSR count). The molecule has 0 saturated carbocycles. The van der Waals surface area contributed by atoms with Crippen LogP contribution in [0.4, 0.5) is 0 Å². The lowest BCUT2D eigenvalue weighted by Crippen LogP contribution is -2.08. The predicted molar refractivity (Wildman–Crippen MR) is 309 cm³/mol. The SMILES string of the molecule is Cc1ccc2c(c1)c1ccccc1n2-c1cc(-c2cc(-c3ccccc3)nc(-c3ccccc3)n2)cc(-c2cc(-c3ccccc3)nc(-c3ccccc3)n2)c1-n1c2ccccc2c2cc(-c3ccccc3)ccc21. The Bertz CT molecular complexity index is 4330. The molecule has 4 heterocycles. The Balaban J connectivity index is 1.18. The van der Waals surface area contributed by atoms with Crippen molar-refractivity contribution in [3.8, 4) is 90.3 Å². The summed E-state index contributed by atoms with van der Waals surface area (Å²) in [7, 11) is 0. The van der Waals surface area contributed by atoms with Gasteiger partial charge in [-0.05, 0) is 78.7 Å². The van der Waals surface area contributed by atoms with Crippen LogP contribution in [0, 0.1) is 6.92 Å². The van der Waals surface area contributed by atoms with Gasteiger partial charge in [-0.25, -0.2) is 19.9 Å². The van der Waals surface area contributed by atoms with Gasteiger partial charge in [0.2, 0.25) is 0 Å². The van der Waals surface area contributed by atoms with Crippen LogP contribution in [-0.4, -0.2) is 29.1 Å². The number of aryl methyl sites for hydroxylation is 1. The van der Waals surface area contributed by atoms with Gasteiger partial charge in [0.05, 0.1) is 56.2 Å². The largest absolute Gasteiger partial charge is 0.307 e. The quantitative estimate of drug-likeness (QED) is 0.145. The summed E-state index contributed by atoms with van der Waals surface area (Å²) in [4.78, 5) is 21.7. The minimum atomic E-state index is 0.631. The molecule has 0 aliphatic rings. The van der Waals surface area contributed by atoms with E-state index >= 15 is 0 Å². The molecule has 4 aromatic heterocycles. The van der Waals surface area contributed by atoms with Gasteiger partial charge in [-0.2, -0.15) is 0 Å². The number of para-hydroxylation sites is 2. The fourth-order valence-electron chi connectivity index (χ4n) is 10.9. The van der Waals surface area contributed by atoms with E-state index in [-0.39, 0.29) is 0 Å². The molecular weight excluding hydrogens is 913 g/mol. The van der Waals surface area contributed by atoms with Crippen molar-refractivity contribution >= 4 is 43.6 Å². The van der Waals surface area contributed by atoms with E-state index in [1.54, 1.807) is 0 Å². The van der Waals surface area contributed by atoms with E-state index in [4.69, 9.17) is 19.9 Å². The van der Waals surface area contributed by atoms with Gasteiger partial charge in [0.1, 0.15) is 0 Å². The molecule has 0 amide bonds. The van der Waals surface area contributed by atoms with Crippen LogP contribution in [0.1, 0.15) is 5.56 Å². The molecule has 6 nitrogen and oxygen atoms in total. The van der Waals surface area contributed by atoms with E-state index in [0.29, 0.717) is 11.6 Å². The highest BCUT2D eigenvalue weighted by molar-refractivity contribution is 6.13. The van der Waals surface area contributed by atoms with Gasteiger partial charge in [-0.3, -0.25) is 0 Å². The van der Waals surface area contributed by atoms with E-state index in [0.717, 1.165) is 106 Å². The monoisotopic (exact) mass is 958 g/mol. The number of hydrogen-bond donors (Lipinski definition) is 0. The summed E-state index contributed by atoms with van der Waals surface area (Å²) in [5.74, 6) is 1.27. The lowest BCUT2D eigenvalue weighted by atomic mass is 9.98.